The molecule has 0 N–H and O–H groups in total. The van der Waals surface area contributed by atoms with Crippen molar-refractivity contribution in [2.24, 2.45) is 0 Å². The summed E-state index contributed by atoms with van der Waals surface area (Å²) in [6.07, 6.45) is 1.85. The van der Waals surface area contributed by atoms with Gasteiger partial charge in [0.05, 0.1) is 18.0 Å². The summed E-state index contributed by atoms with van der Waals surface area (Å²) in [5.74, 6) is 2.16. The van der Waals surface area contributed by atoms with Crippen molar-refractivity contribution in [2.75, 3.05) is 13.1 Å². The third kappa shape index (κ3) is 3.40. The normalized spacial score (nSPS) is 21.2. The first-order chi connectivity index (χ1) is 12.6. The van der Waals surface area contributed by atoms with Gasteiger partial charge in [0.15, 0.2) is 5.82 Å². The minimum absolute atomic E-state index is 0.0927. The number of morpholine rings is 1. The number of aryl methyl sites for hydroxylation is 2. The molecule has 0 radical (unpaired) electrons. The first-order valence-corrected chi connectivity index (χ1v) is 8.87. The minimum Gasteiger partial charge on any atom is -0.363 e. The number of nitrogens with zero attached hydrogens (tertiary/aromatic N) is 5. The van der Waals surface area contributed by atoms with Crippen LogP contribution in [0.3, 0.4) is 0 Å². The van der Waals surface area contributed by atoms with E-state index in [1.54, 1.807) is 0 Å². The van der Waals surface area contributed by atoms with Crippen LogP contribution < -0.4 is 0 Å². The zero-order valence-electron chi connectivity index (χ0n) is 15.3. The van der Waals surface area contributed by atoms with Gasteiger partial charge in [0.25, 0.3) is 5.89 Å². The highest BCUT2D eigenvalue weighted by Crippen LogP contribution is 2.26. The molecule has 0 bridgehead atoms. The van der Waals surface area contributed by atoms with Crippen molar-refractivity contribution >= 4 is 0 Å². The van der Waals surface area contributed by atoms with E-state index in [0.717, 1.165) is 30.3 Å². The maximum atomic E-state index is 6.01. The quantitative estimate of drug-likeness (QED) is 0.718. The van der Waals surface area contributed by atoms with Crippen LogP contribution in [-0.4, -0.2) is 43.8 Å². The molecule has 2 atom stereocenters. The number of hydrogen-bond acceptors (Lipinski definition) is 6. The van der Waals surface area contributed by atoms with E-state index < -0.39 is 0 Å². The summed E-state index contributed by atoms with van der Waals surface area (Å²) in [7, 11) is 0. The van der Waals surface area contributed by atoms with Crippen LogP contribution in [0.15, 0.2) is 41.1 Å². The number of imidazole rings is 1. The Labute approximate surface area is 152 Å². The molecule has 0 amide bonds. The molecule has 1 fully saturated rings. The van der Waals surface area contributed by atoms with Crippen molar-refractivity contribution < 1.29 is 9.26 Å². The second-order valence-corrected chi connectivity index (χ2v) is 6.78. The van der Waals surface area contributed by atoms with Crippen LogP contribution in [0.25, 0.3) is 5.69 Å². The molecule has 1 aromatic carbocycles. The first kappa shape index (κ1) is 16.9. The molecule has 0 saturated carbocycles. The van der Waals surface area contributed by atoms with Crippen LogP contribution in [0.1, 0.15) is 36.3 Å². The summed E-state index contributed by atoms with van der Waals surface area (Å²) in [5.41, 5.74) is 2.28. The molecule has 2 aromatic heterocycles. The predicted molar refractivity (Wildman–Crippen MR) is 95.9 cm³/mol. The van der Waals surface area contributed by atoms with Crippen LogP contribution in [0, 0.1) is 13.8 Å². The molecular formula is C19H23N5O2. The van der Waals surface area contributed by atoms with Crippen molar-refractivity contribution in [1.29, 1.82) is 0 Å². The second-order valence-electron chi connectivity index (χ2n) is 6.78. The Balaban J connectivity index is 1.56. The van der Waals surface area contributed by atoms with Crippen molar-refractivity contribution in [2.45, 2.75) is 39.5 Å². The van der Waals surface area contributed by atoms with Gasteiger partial charge in [0, 0.05) is 25.3 Å². The van der Waals surface area contributed by atoms with Crippen molar-refractivity contribution in [3.05, 3.63) is 59.8 Å². The fourth-order valence-corrected chi connectivity index (χ4v) is 3.51. The Hall–Kier alpha value is -2.51. The number of para-hydroxylation sites is 1. The van der Waals surface area contributed by atoms with Crippen LogP contribution >= 0.6 is 0 Å². The molecule has 7 nitrogen and oxygen atoms in total. The summed E-state index contributed by atoms with van der Waals surface area (Å²) < 4.78 is 13.5. The lowest BCUT2D eigenvalue weighted by molar-refractivity contribution is -0.0934. The van der Waals surface area contributed by atoms with E-state index >= 15 is 0 Å². The number of rotatable bonds is 4. The average molecular weight is 353 g/mol. The first-order valence-electron chi connectivity index (χ1n) is 8.87. The minimum atomic E-state index is -0.200. The molecular weight excluding hydrogens is 330 g/mol. The van der Waals surface area contributed by atoms with Crippen LogP contribution in [0.2, 0.25) is 0 Å². The van der Waals surface area contributed by atoms with Gasteiger partial charge in [-0.25, -0.2) is 4.98 Å². The molecule has 0 spiro atoms. The molecule has 3 aromatic rings. The third-order valence-electron chi connectivity index (χ3n) is 4.57. The van der Waals surface area contributed by atoms with Crippen LogP contribution in [0.5, 0.6) is 0 Å². The number of hydrogen-bond donors (Lipinski definition) is 0. The number of ether oxygens (including phenoxy) is 1. The molecule has 0 unspecified atom stereocenters. The highest BCUT2D eigenvalue weighted by molar-refractivity contribution is 5.35. The predicted octanol–water partition coefficient (Wildman–Crippen LogP) is 2.83. The Morgan fingerprint density at radius 2 is 1.96 bits per heavy atom. The fraction of sp³-hybridized carbons (Fsp3) is 0.421. The van der Waals surface area contributed by atoms with E-state index in [1.807, 2.05) is 38.2 Å². The van der Waals surface area contributed by atoms with E-state index in [0.29, 0.717) is 18.3 Å². The second kappa shape index (κ2) is 7.01. The van der Waals surface area contributed by atoms with Gasteiger partial charge in [-0.1, -0.05) is 23.4 Å². The highest BCUT2D eigenvalue weighted by atomic mass is 16.5. The highest BCUT2D eigenvalue weighted by Gasteiger charge is 2.30. The maximum absolute atomic E-state index is 6.01. The Bertz CT molecular complexity index is 873. The summed E-state index contributed by atoms with van der Waals surface area (Å²) in [5, 5.41) is 3.88. The van der Waals surface area contributed by atoms with Crippen LogP contribution in [-0.2, 0) is 11.3 Å². The summed E-state index contributed by atoms with van der Waals surface area (Å²) >= 11 is 0. The molecule has 1 aliphatic rings. The van der Waals surface area contributed by atoms with Gasteiger partial charge >= 0.3 is 0 Å². The summed E-state index contributed by atoms with van der Waals surface area (Å²) in [6.45, 7) is 8.27. The number of aromatic nitrogens is 4. The Morgan fingerprint density at radius 1 is 1.15 bits per heavy atom. The van der Waals surface area contributed by atoms with Gasteiger partial charge in [-0.05, 0) is 32.9 Å². The molecule has 1 aliphatic heterocycles. The van der Waals surface area contributed by atoms with Gasteiger partial charge in [-0.15, -0.1) is 0 Å². The maximum Gasteiger partial charge on any atom is 0.257 e. The topological polar surface area (TPSA) is 69.2 Å². The van der Waals surface area contributed by atoms with E-state index in [-0.39, 0.29) is 12.2 Å². The molecule has 7 heteroatoms. The molecule has 1 saturated heterocycles. The van der Waals surface area contributed by atoms with Gasteiger partial charge < -0.3 is 9.26 Å². The molecule has 3 heterocycles. The van der Waals surface area contributed by atoms with Crippen molar-refractivity contribution in [3.8, 4) is 5.69 Å². The fourth-order valence-electron chi connectivity index (χ4n) is 3.51. The molecule has 0 aliphatic carbocycles. The standard InChI is InChI=1S/C19H23N5O2/c1-13-10-23(12-18(25-13)19-21-14(2)22-26-19)11-17-9-20-15(3)24(17)16-7-5-4-6-8-16/h4-9,13,18H,10-12H2,1-3H3/t13-,18-/m1/s1. The third-order valence-corrected chi connectivity index (χ3v) is 4.57. The van der Waals surface area contributed by atoms with Gasteiger partial charge in [-0.2, -0.15) is 4.98 Å². The zero-order valence-corrected chi connectivity index (χ0v) is 15.3. The van der Waals surface area contributed by atoms with Gasteiger partial charge in [0.1, 0.15) is 11.9 Å². The Morgan fingerprint density at radius 3 is 2.69 bits per heavy atom. The van der Waals surface area contributed by atoms with Crippen molar-refractivity contribution in [3.63, 3.8) is 0 Å². The monoisotopic (exact) mass is 353 g/mol. The van der Waals surface area contributed by atoms with E-state index in [9.17, 15) is 0 Å². The van der Waals surface area contributed by atoms with Crippen molar-refractivity contribution in [1.82, 2.24) is 24.6 Å². The average Bonchev–Trinajstić information content (AvgIpc) is 3.21. The van der Waals surface area contributed by atoms with Crippen LogP contribution in [0.4, 0.5) is 0 Å². The lowest BCUT2D eigenvalue weighted by atomic mass is 10.2. The smallest absolute Gasteiger partial charge is 0.257 e. The lowest BCUT2D eigenvalue weighted by Gasteiger charge is -2.35. The molecule has 26 heavy (non-hydrogen) atoms. The van der Waals surface area contributed by atoms with E-state index in [4.69, 9.17) is 9.26 Å². The van der Waals surface area contributed by atoms with Gasteiger partial charge in [-0.3, -0.25) is 9.47 Å². The summed E-state index contributed by atoms with van der Waals surface area (Å²) in [6, 6.07) is 10.3. The zero-order chi connectivity index (χ0) is 18.1. The summed E-state index contributed by atoms with van der Waals surface area (Å²) in [4.78, 5) is 11.2. The lowest BCUT2D eigenvalue weighted by Crippen LogP contribution is -2.42. The van der Waals surface area contributed by atoms with Gasteiger partial charge in [0.2, 0.25) is 0 Å². The Kier molecular flexibility index (Phi) is 4.57. The van der Waals surface area contributed by atoms with E-state index in [2.05, 4.69) is 43.6 Å². The van der Waals surface area contributed by atoms with E-state index in [1.165, 1.54) is 0 Å². The SMILES string of the molecule is Cc1noc([C@H]2CN(Cc3cnc(C)n3-c3ccccc3)C[C@@H](C)O2)n1. The largest absolute Gasteiger partial charge is 0.363 e. The molecule has 136 valence electrons. The number of benzene rings is 1. The molecule has 4 rings (SSSR count).